The number of hydrogen-bond acceptors (Lipinski definition) is 0. The predicted molar refractivity (Wildman–Crippen MR) is 56.6 cm³/mol. The molecule has 0 saturated carbocycles. The Kier molecular flexibility index (Phi) is 4.74. The van der Waals surface area contributed by atoms with E-state index in [2.05, 4.69) is 39.6 Å². The van der Waals surface area contributed by atoms with Gasteiger partial charge in [0.15, 0.2) is 0 Å². The largest absolute Gasteiger partial charge is 0.0894 e. The van der Waals surface area contributed by atoms with Crippen LogP contribution in [-0.2, 0) is 0 Å². The minimum absolute atomic E-state index is 0.949. The van der Waals surface area contributed by atoms with E-state index in [0.717, 1.165) is 0 Å². The summed E-state index contributed by atoms with van der Waals surface area (Å²) in [5.74, 6) is 0. The van der Waals surface area contributed by atoms with E-state index in [9.17, 15) is 0 Å². The molecule has 0 aliphatic heterocycles. The van der Waals surface area contributed by atoms with Gasteiger partial charge in [0, 0.05) is 0 Å². The average molecular weight is 170 g/mol. The molecule has 0 bridgehead atoms. The van der Waals surface area contributed by atoms with E-state index in [0.29, 0.717) is 0 Å². The molecule has 0 radical (unpaired) electrons. The summed E-state index contributed by atoms with van der Waals surface area (Å²) in [5.41, 5.74) is 0. The van der Waals surface area contributed by atoms with Crippen LogP contribution < -0.4 is 0 Å². The van der Waals surface area contributed by atoms with Crippen LogP contribution in [0.5, 0.6) is 0 Å². The molecule has 1 heteroatoms. The lowest BCUT2D eigenvalue weighted by molar-refractivity contribution is 0.813. The lowest BCUT2D eigenvalue weighted by Crippen LogP contribution is -2.21. The molecule has 0 aromatic rings. The molecule has 0 aromatic heterocycles. The van der Waals surface area contributed by atoms with Gasteiger partial charge in [0.2, 0.25) is 0 Å². The molecule has 0 atom stereocenters. The Labute approximate surface area is 72.7 Å². The summed E-state index contributed by atoms with van der Waals surface area (Å²) in [5, 5.41) is 1.66. The van der Waals surface area contributed by atoms with E-state index >= 15 is 0 Å². The van der Waals surface area contributed by atoms with Crippen molar-refractivity contribution in [3.05, 3.63) is 11.3 Å². The standard InChI is InChI=1S/C10H22Si/c1-6-7-8-9-10(2)11(3,4)5/h9H,6-8H2,1-5H3/b10-9+. The van der Waals surface area contributed by atoms with Gasteiger partial charge in [0.1, 0.15) is 0 Å². The van der Waals surface area contributed by atoms with Gasteiger partial charge in [-0.2, -0.15) is 0 Å². The first kappa shape index (κ1) is 11.0. The summed E-state index contributed by atoms with van der Waals surface area (Å²) in [6.45, 7) is 11.8. The van der Waals surface area contributed by atoms with Gasteiger partial charge in [-0.3, -0.25) is 0 Å². The van der Waals surface area contributed by atoms with Crippen molar-refractivity contribution in [3.8, 4) is 0 Å². The number of unbranched alkanes of at least 4 members (excludes halogenated alkanes) is 2. The third kappa shape index (κ3) is 5.25. The van der Waals surface area contributed by atoms with Crippen LogP contribution in [0.15, 0.2) is 11.3 Å². The maximum atomic E-state index is 2.44. The molecule has 0 aromatic carbocycles. The fraction of sp³-hybridized carbons (Fsp3) is 0.800. The molecular formula is C10H22Si. The van der Waals surface area contributed by atoms with Gasteiger partial charge in [-0.1, -0.05) is 50.7 Å². The van der Waals surface area contributed by atoms with Crippen molar-refractivity contribution >= 4 is 8.07 Å². The fourth-order valence-corrected chi connectivity index (χ4v) is 1.59. The summed E-state index contributed by atoms with van der Waals surface area (Å²) < 4.78 is 0. The quantitative estimate of drug-likeness (QED) is 0.442. The highest BCUT2D eigenvalue weighted by molar-refractivity contribution is 6.82. The summed E-state index contributed by atoms with van der Waals surface area (Å²) >= 11 is 0. The van der Waals surface area contributed by atoms with Gasteiger partial charge in [0.25, 0.3) is 0 Å². The highest BCUT2D eigenvalue weighted by atomic mass is 28.3. The molecule has 0 fully saturated rings. The van der Waals surface area contributed by atoms with E-state index in [1.807, 2.05) is 0 Å². The Balaban J connectivity index is 3.81. The van der Waals surface area contributed by atoms with Crippen LogP contribution in [0.3, 0.4) is 0 Å². The molecule has 0 nitrogen and oxygen atoms in total. The topological polar surface area (TPSA) is 0 Å². The molecular weight excluding hydrogens is 148 g/mol. The summed E-state index contributed by atoms with van der Waals surface area (Å²) in [6, 6.07) is 0. The van der Waals surface area contributed by atoms with Crippen molar-refractivity contribution in [1.29, 1.82) is 0 Å². The van der Waals surface area contributed by atoms with Gasteiger partial charge in [-0.15, -0.1) is 0 Å². The highest BCUT2D eigenvalue weighted by Crippen LogP contribution is 2.14. The van der Waals surface area contributed by atoms with Crippen LogP contribution in [0.4, 0.5) is 0 Å². The Morgan fingerprint density at radius 2 is 1.82 bits per heavy atom. The van der Waals surface area contributed by atoms with Crippen LogP contribution in [0, 0.1) is 0 Å². The molecule has 0 N–H and O–H groups in total. The van der Waals surface area contributed by atoms with Crippen LogP contribution >= 0.6 is 0 Å². The molecule has 0 unspecified atom stereocenters. The zero-order valence-electron chi connectivity index (χ0n) is 8.70. The first-order valence-electron chi connectivity index (χ1n) is 4.65. The van der Waals surface area contributed by atoms with Crippen molar-refractivity contribution in [3.63, 3.8) is 0 Å². The van der Waals surface area contributed by atoms with Crippen LogP contribution in [0.25, 0.3) is 0 Å². The Morgan fingerprint density at radius 3 is 2.18 bits per heavy atom. The SMILES string of the molecule is CCCC/C=C(\C)[Si](C)(C)C. The van der Waals surface area contributed by atoms with Crippen LogP contribution in [0.1, 0.15) is 33.1 Å². The van der Waals surface area contributed by atoms with E-state index < -0.39 is 8.07 Å². The van der Waals surface area contributed by atoms with E-state index in [1.165, 1.54) is 19.3 Å². The van der Waals surface area contributed by atoms with Crippen molar-refractivity contribution in [2.75, 3.05) is 0 Å². The summed E-state index contributed by atoms with van der Waals surface area (Å²) in [4.78, 5) is 0. The summed E-state index contributed by atoms with van der Waals surface area (Å²) in [6.07, 6.45) is 6.39. The maximum Gasteiger partial charge on any atom is 0.0716 e. The minimum atomic E-state index is -0.949. The molecule has 0 spiro atoms. The third-order valence-electron chi connectivity index (χ3n) is 2.19. The van der Waals surface area contributed by atoms with E-state index in [-0.39, 0.29) is 0 Å². The van der Waals surface area contributed by atoms with Gasteiger partial charge in [-0.05, 0) is 13.3 Å². The van der Waals surface area contributed by atoms with Crippen molar-refractivity contribution in [2.45, 2.75) is 52.8 Å². The normalized spacial score (nSPS) is 13.7. The van der Waals surface area contributed by atoms with Gasteiger partial charge in [0.05, 0.1) is 8.07 Å². The smallest absolute Gasteiger partial charge is 0.0716 e. The van der Waals surface area contributed by atoms with Crippen LogP contribution in [0.2, 0.25) is 19.6 Å². The van der Waals surface area contributed by atoms with Gasteiger partial charge < -0.3 is 0 Å². The third-order valence-corrected chi connectivity index (χ3v) is 4.76. The molecule has 0 aliphatic rings. The number of hydrogen-bond donors (Lipinski definition) is 0. The Morgan fingerprint density at radius 1 is 1.27 bits per heavy atom. The molecule has 0 amide bonds. The lowest BCUT2D eigenvalue weighted by Gasteiger charge is -2.16. The van der Waals surface area contributed by atoms with E-state index in [4.69, 9.17) is 0 Å². The van der Waals surface area contributed by atoms with Crippen molar-refractivity contribution in [2.24, 2.45) is 0 Å². The predicted octanol–water partition coefficient (Wildman–Crippen LogP) is 4.00. The maximum absolute atomic E-state index is 2.44. The second-order valence-corrected chi connectivity index (χ2v) is 9.57. The molecule has 0 heterocycles. The molecule has 0 rings (SSSR count). The average Bonchev–Trinajstić information content (AvgIpc) is 1.86. The zero-order chi connectivity index (χ0) is 8.91. The molecule has 0 aliphatic carbocycles. The molecule has 66 valence electrons. The first-order valence-corrected chi connectivity index (χ1v) is 8.15. The first-order chi connectivity index (χ1) is 4.98. The second-order valence-electron chi connectivity index (χ2n) is 4.28. The van der Waals surface area contributed by atoms with Gasteiger partial charge in [-0.25, -0.2) is 0 Å². The molecule has 11 heavy (non-hydrogen) atoms. The van der Waals surface area contributed by atoms with Crippen LogP contribution in [-0.4, -0.2) is 8.07 Å². The minimum Gasteiger partial charge on any atom is -0.0894 e. The Bertz CT molecular complexity index is 128. The van der Waals surface area contributed by atoms with E-state index in [1.54, 1.807) is 5.20 Å². The van der Waals surface area contributed by atoms with Crippen molar-refractivity contribution < 1.29 is 0 Å². The van der Waals surface area contributed by atoms with Crippen molar-refractivity contribution in [1.82, 2.24) is 0 Å². The lowest BCUT2D eigenvalue weighted by atomic mass is 10.2. The zero-order valence-corrected chi connectivity index (χ0v) is 9.70. The second kappa shape index (κ2) is 4.76. The number of allylic oxidation sites excluding steroid dienone is 2. The fourth-order valence-electron chi connectivity index (χ4n) is 0.829. The number of rotatable bonds is 4. The monoisotopic (exact) mass is 170 g/mol. The Hall–Kier alpha value is -0.0431. The summed E-state index contributed by atoms with van der Waals surface area (Å²) in [7, 11) is -0.949. The van der Waals surface area contributed by atoms with Gasteiger partial charge >= 0.3 is 0 Å². The highest BCUT2D eigenvalue weighted by Gasteiger charge is 2.13. The molecule has 0 saturated heterocycles.